The number of nitriles is 1. The summed E-state index contributed by atoms with van der Waals surface area (Å²) in [6.07, 6.45) is 4.75. The number of ether oxygens (including phenoxy) is 1. The van der Waals surface area contributed by atoms with Gasteiger partial charge in [0.25, 0.3) is 0 Å². The third kappa shape index (κ3) is 5.70. The lowest BCUT2D eigenvalue weighted by Crippen LogP contribution is -2.28. The standard InChI is InChI=1S/C27H27N3O4/c1-27(2,3)34-26(32)30-24-13-18(17-7-8-17)9-10-22(24)23(25(31)19-11-12-33-16-19)14-20-5-4-6-21(15-28)29-20/h4-6,9-13,16-17,23H,7-8,14H2,1-3H3,(H,30,32). The van der Waals surface area contributed by atoms with Crippen LogP contribution in [0.25, 0.3) is 0 Å². The fraction of sp³-hybridized carbons (Fsp3) is 0.333. The van der Waals surface area contributed by atoms with E-state index >= 15 is 0 Å². The molecule has 0 spiro atoms. The van der Waals surface area contributed by atoms with Gasteiger partial charge in [0.1, 0.15) is 23.6 Å². The molecular formula is C27H27N3O4. The van der Waals surface area contributed by atoms with Gasteiger partial charge in [-0.15, -0.1) is 0 Å². The van der Waals surface area contributed by atoms with Gasteiger partial charge in [-0.2, -0.15) is 5.26 Å². The van der Waals surface area contributed by atoms with Crippen LogP contribution in [-0.4, -0.2) is 22.5 Å². The number of ketones is 1. The Kier molecular flexibility index (Phi) is 6.51. The van der Waals surface area contributed by atoms with Gasteiger partial charge in [-0.05, 0) is 74.9 Å². The third-order valence-electron chi connectivity index (χ3n) is 5.59. The molecule has 4 rings (SSSR count). The van der Waals surface area contributed by atoms with Gasteiger partial charge < -0.3 is 9.15 Å². The van der Waals surface area contributed by atoms with Crippen LogP contribution in [0, 0.1) is 11.3 Å². The molecule has 1 amide bonds. The first-order valence-corrected chi connectivity index (χ1v) is 11.3. The highest BCUT2D eigenvalue weighted by atomic mass is 16.6. The van der Waals surface area contributed by atoms with Crippen LogP contribution in [0.1, 0.15) is 78.3 Å². The largest absolute Gasteiger partial charge is 0.472 e. The van der Waals surface area contributed by atoms with E-state index < -0.39 is 17.6 Å². The predicted octanol–water partition coefficient (Wildman–Crippen LogP) is 5.98. The first-order valence-electron chi connectivity index (χ1n) is 11.3. The molecule has 3 aromatic rings. The molecule has 1 aliphatic rings. The van der Waals surface area contributed by atoms with Gasteiger partial charge >= 0.3 is 6.09 Å². The molecule has 0 bridgehead atoms. The zero-order valence-electron chi connectivity index (χ0n) is 19.5. The molecule has 34 heavy (non-hydrogen) atoms. The van der Waals surface area contributed by atoms with Crippen molar-refractivity contribution in [2.24, 2.45) is 0 Å². The number of Topliss-reactive ketones (excluding diaryl/α,β-unsaturated/α-hetero) is 1. The van der Waals surface area contributed by atoms with E-state index in [2.05, 4.69) is 10.3 Å². The second-order valence-electron chi connectivity index (χ2n) is 9.51. The topological polar surface area (TPSA) is 105 Å². The van der Waals surface area contributed by atoms with Gasteiger partial charge in [0.2, 0.25) is 0 Å². The Labute approximate surface area is 198 Å². The normalized spacial score (nSPS) is 14.2. The van der Waals surface area contributed by atoms with Crippen molar-refractivity contribution in [3.8, 4) is 6.07 Å². The number of furan rings is 1. The number of carbonyl (C=O) groups is 2. The summed E-state index contributed by atoms with van der Waals surface area (Å²) in [4.78, 5) is 30.6. The number of nitrogens with one attached hydrogen (secondary N) is 1. The van der Waals surface area contributed by atoms with E-state index in [1.54, 1.807) is 45.0 Å². The minimum atomic E-state index is -0.661. The van der Waals surface area contributed by atoms with Crippen molar-refractivity contribution in [3.63, 3.8) is 0 Å². The molecule has 1 unspecified atom stereocenters. The van der Waals surface area contributed by atoms with Crippen LogP contribution in [-0.2, 0) is 11.2 Å². The fourth-order valence-corrected chi connectivity index (χ4v) is 3.88. The quantitative estimate of drug-likeness (QED) is 0.438. The Morgan fingerprint density at radius 3 is 2.68 bits per heavy atom. The number of hydrogen-bond donors (Lipinski definition) is 1. The van der Waals surface area contributed by atoms with Crippen LogP contribution in [0.5, 0.6) is 0 Å². The summed E-state index contributed by atoms with van der Waals surface area (Å²) in [5.74, 6) is -0.355. The predicted molar refractivity (Wildman–Crippen MR) is 127 cm³/mol. The zero-order chi connectivity index (χ0) is 24.3. The van der Waals surface area contributed by atoms with Crippen LogP contribution < -0.4 is 5.32 Å². The maximum absolute atomic E-state index is 13.6. The molecule has 2 aromatic heterocycles. The van der Waals surface area contributed by atoms with E-state index in [-0.39, 0.29) is 17.9 Å². The van der Waals surface area contributed by atoms with Gasteiger partial charge in [0.05, 0.1) is 17.7 Å². The smallest absolute Gasteiger partial charge is 0.412 e. The Morgan fingerprint density at radius 2 is 2.03 bits per heavy atom. The Hall–Kier alpha value is -3.92. The SMILES string of the molecule is CC(C)(C)OC(=O)Nc1cc(C2CC2)ccc1C(Cc1cccc(C#N)n1)C(=O)c1ccoc1. The lowest BCUT2D eigenvalue weighted by Gasteiger charge is -2.23. The van der Waals surface area contributed by atoms with Crippen LogP contribution in [0.4, 0.5) is 10.5 Å². The van der Waals surface area contributed by atoms with Crippen molar-refractivity contribution in [2.75, 3.05) is 5.32 Å². The number of carbonyl (C=O) groups excluding carboxylic acids is 2. The molecule has 7 heteroatoms. The Morgan fingerprint density at radius 1 is 1.24 bits per heavy atom. The van der Waals surface area contributed by atoms with E-state index in [4.69, 9.17) is 9.15 Å². The van der Waals surface area contributed by atoms with Crippen LogP contribution in [0.3, 0.4) is 0 Å². The maximum Gasteiger partial charge on any atom is 0.412 e. The lowest BCUT2D eigenvalue weighted by atomic mass is 9.85. The van der Waals surface area contributed by atoms with Gasteiger partial charge in [0, 0.05) is 17.8 Å². The fourth-order valence-electron chi connectivity index (χ4n) is 3.88. The highest BCUT2D eigenvalue weighted by Gasteiger charge is 2.30. The Balaban J connectivity index is 1.75. The van der Waals surface area contributed by atoms with Crippen molar-refractivity contribution in [1.29, 1.82) is 5.26 Å². The minimum absolute atomic E-state index is 0.163. The molecular weight excluding hydrogens is 430 g/mol. The summed E-state index contributed by atoms with van der Waals surface area (Å²) in [6.45, 7) is 5.40. The maximum atomic E-state index is 13.6. The summed E-state index contributed by atoms with van der Waals surface area (Å²) < 4.78 is 10.6. The monoisotopic (exact) mass is 457 g/mol. The molecule has 0 radical (unpaired) electrons. The molecule has 1 aliphatic carbocycles. The number of amides is 1. The second-order valence-corrected chi connectivity index (χ2v) is 9.51. The molecule has 1 fully saturated rings. The minimum Gasteiger partial charge on any atom is -0.472 e. The number of pyridine rings is 1. The van der Waals surface area contributed by atoms with Crippen molar-refractivity contribution in [3.05, 3.63) is 83.1 Å². The van der Waals surface area contributed by atoms with Crippen LogP contribution >= 0.6 is 0 Å². The summed E-state index contributed by atoms with van der Waals surface area (Å²) in [7, 11) is 0. The van der Waals surface area contributed by atoms with Crippen molar-refractivity contribution in [1.82, 2.24) is 4.98 Å². The van der Waals surface area contributed by atoms with Gasteiger partial charge in [0.15, 0.2) is 5.78 Å². The van der Waals surface area contributed by atoms with Gasteiger partial charge in [-0.25, -0.2) is 9.78 Å². The van der Waals surface area contributed by atoms with E-state index in [9.17, 15) is 14.9 Å². The van der Waals surface area contributed by atoms with Crippen molar-refractivity contribution < 1.29 is 18.7 Å². The van der Waals surface area contributed by atoms with Crippen LogP contribution in [0.2, 0.25) is 0 Å². The van der Waals surface area contributed by atoms with E-state index in [1.165, 1.54) is 12.5 Å². The number of rotatable bonds is 7. The van der Waals surface area contributed by atoms with Crippen molar-refractivity contribution in [2.45, 2.75) is 57.5 Å². The molecule has 1 aromatic carbocycles. The van der Waals surface area contributed by atoms with Crippen LogP contribution in [0.15, 0.2) is 59.4 Å². The van der Waals surface area contributed by atoms with E-state index in [1.807, 2.05) is 24.3 Å². The number of anilines is 1. The average Bonchev–Trinajstić information content (AvgIpc) is 3.50. The van der Waals surface area contributed by atoms with E-state index in [0.29, 0.717) is 28.4 Å². The second kappa shape index (κ2) is 9.52. The molecule has 7 nitrogen and oxygen atoms in total. The van der Waals surface area contributed by atoms with Crippen molar-refractivity contribution >= 4 is 17.6 Å². The molecule has 1 N–H and O–H groups in total. The number of nitrogens with zero attached hydrogens (tertiary/aromatic N) is 2. The first kappa shape index (κ1) is 23.2. The number of aromatic nitrogens is 1. The van der Waals surface area contributed by atoms with Gasteiger partial charge in [-0.1, -0.05) is 18.2 Å². The molecule has 1 saturated carbocycles. The summed E-state index contributed by atoms with van der Waals surface area (Å²) in [5, 5.41) is 12.1. The highest BCUT2D eigenvalue weighted by Crippen LogP contribution is 2.42. The highest BCUT2D eigenvalue weighted by molar-refractivity contribution is 6.02. The average molecular weight is 458 g/mol. The first-order chi connectivity index (χ1) is 16.2. The zero-order valence-corrected chi connectivity index (χ0v) is 19.5. The Bertz CT molecular complexity index is 1230. The third-order valence-corrected chi connectivity index (χ3v) is 5.59. The molecule has 174 valence electrons. The van der Waals surface area contributed by atoms with Gasteiger partial charge in [-0.3, -0.25) is 10.1 Å². The molecule has 0 saturated heterocycles. The molecule has 2 heterocycles. The summed E-state index contributed by atoms with van der Waals surface area (Å²) in [5.41, 5.74) is 2.97. The van der Waals surface area contributed by atoms with E-state index in [0.717, 1.165) is 18.4 Å². The molecule has 0 aliphatic heterocycles. The lowest BCUT2D eigenvalue weighted by molar-refractivity contribution is 0.0635. The summed E-state index contributed by atoms with van der Waals surface area (Å²) in [6, 6.07) is 14.7. The number of hydrogen-bond acceptors (Lipinski definition) is 6. The molecule has 1 atom stereocenters. The number of benzene rings is 1. The summed E-state index contributed by atoms with van der Waals surface area (Å²) >= 11 is 0.